The van der Waals surface area contributed by atoms with Crippen LogP contribution >= 0.6 is 11.3 Å². The van der Waals surface area contributed by atoms with Crippen LogP contribution in [0, 0.1) is 0 Å². The first-order valence-electron chi connectivity index (χ1n) is 5.71. The molecule has 0 aliphatic heterocycles. The minimum Gasteiger partial charge on any atom is -0.465 e. The number of ether oxygens (including phenoxy) is 1. The molecule has 90 valence electrons. The lowest BCUT2D eigenvalue weighted by Gasteiger charge is -2.03. The van der Waals surface area contributed by atoms with Gasteiger partial charge in [-0.2, -0.15) is 0 Å². The van der Waals surface area contributed by atoms with Gasteiger partial charge in [-0.1, -0.05) is 12.5 Å². The average molecular weight is 241 g/mol. The van der Waals surface area contributed by atoms with Crippen LogP contribution in [0.4, 0.5) is 0 Å². The van der Waals surface area contributed by atoms with Crippen LogP contribution in [-0.2, 0) is 16.0 Å². The molecule has 0 atom stereocenters. The van der Waals surface area contributed by atoms with Crippen molar-refractivity contribution < 1.29 is 9.53 Å². The maximum absolute atomic E-state index is 11.3. The highest BCUT2D eigenvalue weighted by atomic mass is 32.1. The number of thiophene rings is 1. The van der Waals surface area contributed by atoms with Gasteiger partial charge in [-0.15, -0.1) is 11.3 Å². The molecule has 0 unspecified atom stereocenters. The lowest BCUT2D eigenvalue weighted by atomic mass is 10.2. The molecule has 0 aliphatic rings. The van der Waals surface area contributed by atoms with E-state index >= 15 is 0 Å². The fourth-order valence-corrected chi connectivity index (χ4v) is 2.07. The highest BCUT2D eigenvalue weighted by Crippen LogP contribution is 2.09. The quantitative estimate of drug-likeness (QED) is 0.561. The molecular formula is C12H19NO2S. The molecule has 1 heterocycles. The molecule has 1 rings (SSSR count). The van der Waals surface area contributed by atoms with Gasteiger partial charge >= 0.3 is 5.97 Å². The Morgan fingerprint density at radius 3 is 2.94 bits per heavy atom. The average Bonchev–Trinajstić information content (AvgIpc) is 2.77. The highest BCUT2D eigenvalue weighted by molar-refractivity contribution is 7.09. The molecular weight excluding hydrogens is 222 g/mol. The van der Waals surface area contributed by atoms with Gasteiger partial charge in [0.1, 0.15) is 0 Å². The van der Waals surface area contributed by atoms with E-state index in [1.807, 2.05) is 11.4 Å². The Hall–Kier alpha value is -0.870. The normalized spacial score (nSPS) is 10.3. The first-order valence-corrected chi connectivity index (χ1v) is 6.59. The summed E-state index contributed by atoms with van der Waals surface area (Å²) in [6.45, 7) is 1.20. The number of unbranched alkanes of at least 4 members (excludes halogenated alkanes) is 2. The molecule has 0 amide bonds. The molecule has 0 spiro atoms. The summed E-state index contributed by atoms with van der Waals surface area (Å²) >= 11 is 1.69. The summed E-state index contributed by atoms with van der Waals surface area (Å²) in [6, 6.07) is 4.06. The highest BCUT2D eigenvalue weighted by Gasteiger charge is 2.02. The summed E-state index contributed by atoms with van der Waals surface area (Å²) in [4.78, 5) is 12.5. The SMILES string of the molecule is NCCCCCC(=O)OCCc1cccs1. The summed E-state index contributed by atoms with van der Waals surface area (Å²) in [6.07, 6.45) is 4.23. The lowest BCUT2D eigenvalue weighted by Crippen LogP contribution is -2.07. The first-order chi connectivity index (χ1) is 7.83. The van der Waals surface area contributed by atoms with Crippen molar-refractivity contribution in [2.24, 2.45) is 5.73 Å². The maximum Gasteiger partial charge on any atom is 0.305 e. The zero-order valence-corrected chi connectivity index (χ0v) is 10.3. The molecule has 3 nitrogen and oxygen atoms in total. The van der Waals surface area contributed by atoms with Crippen molar-refractivity contribution >= 4 is 17.3 Å². The van der Waals surface area contributed by atoms with E-state index in [9.17, 15) is 4.79 Å². The molecule has 1 aromatic rings. The van der Waals surface area contributed by atoms with E-state index in [1.54, 1.807) is 11.3 Å². The van der Waals surface area contributed by atoms with Gasteiger partial charge in [-0.05, 0) is 30.8 Å². The first kappa shape index (κ1) is 13.2. The number of carbonyl (C=O) groups is 1. The number of esters is 1. The van der Waals surface area contributed by atoms with E-state index in [1.165, 1.54) is 4.88 Å². The van der Waals surface area contributed by atoms with Crippen molar-refractivity contribution in [3.8, 4) is 0 Å². The van der Waals surface area contributed by atoms with Crippen molar-refractivity contribution in [1.82, 2.24) is 0 Å². The molecule has 1 aromatic heterocycles. The van der Waals surface area contributed by atoms with Crippen LogP contribution in [0.5, 0.6) is 0 Å². The van der Waals surface area contributed by atoms with Gasteiger partial charge in [-0.3, -0.25) is 4.79 Å². The van der Waals surface area contributed by atoms with Crippen molar-refractivity contribution in [2.45, 2.75) is 32.1 Å². The van der Waals surface area contributed by atoms with Gasteiger partial charge in [0.25, 0.3) is 0 Å². The third kappa shape index (κ3) is 5.88. The molecule has 4 heteroatoms. The molecule has 0 radical (unpaired) electrons. The molecule has 0 saturated heterocycles. The molecule has 0 aliphatic carbocycles. The van der Waals surface area contributed by atoms with E-state index in [0.717, 1.165) is 25.7 Å². The van der Waals surface area contributed by atoms with Crippen LogP contribution in [0.15, 0.2) is 17.5 Å². The van der Waals surface area contributed by atoms with Crippen molar-refractivity contribution in [3.05, 3.63) is 22.4 Å². The zero-order chi connectivity index (χ0) is 11.6. The van der Waals surface area contributed by atoms with Crippen molar-refractivity contribution in [3.63, 3.8) is 0 Å². The molecule has 0 fully saturated rings. The third-order valence-electron chi connectivity index (χ3n) is 2.28. The smallest absolute Gasteiger partial charge is 0.305 e. The number of hydrogen-bond donors (Lipinski definition) is 1. The summed E-state index contributed by atoms with van der Waals surface area (Å²) in [5.41, 5.74) is 5.36. The third-order valence-corrected chi connectivity index (χ3v) is 3.21. The van der Waals surface area contributed by atoms with Crippen LogP contribution in [0.3, 0.4) is 0 Å². The van der Waals surface area contributed by atoms with Crippen LogP contribution in [0.1, 0.15) is 30.6 Å². The Labute approximate surface area is 101 Å². The molecule has 16 heavy (non-hydrogen) atoms. The lowest BCUT2D eigenvalue weighted by molar-refractivity contribution is -0.143. The summed E-state index contributed by atoms with van der Waals surface area (Å²) in [5.74, 6) is -0.0893. The Kier molecular flexibility index (Phi) is 6.85. The second kappa shape index (κ2) is 8.30. The van der Waals surface area contributed by atoms with Gasteiger partial charge < -0.3 is 10.5 Å². The van der Waals surface area contributed by atoms with Crippen LogP contribution in [0.25, 0.3) is 0 Å². The monoisotopic (exact) mass is 241 g/mol. The summed E-state index contributed by atoms with van der Waals surface area (Å²) in [7, 11) is 0. The van der Waals surface area contributed by atoms with Crippen LogP contribution in [0.2, 0.25) is 0 Å². The Morgan fingerprint density at radius 2 is 2.25 bits per heavy atom. The van der Waals surface area contributed by atoms with Gasteiger partial charge in [0.05, 0.1) is 6.61 Å². The predicted octanol–water partition coefficient (Wildman–Crippen LogP) is 2.35. The second-order valence-electron chi connectivity index (χ2n) is 3.65. The Morgan fingerprint density at radius 1 is 1.38 bits per heavy atom. The van der Waals surface area contributed by atoms with E-state index in [0.29, 0.717) is 19.6 Å². The minimum atomic E-state index is -0.0893. The zero-order valence-electron chi connectivity index (χ0n) is 9.48. The van der Waals surface area contributed by atoms with Crippen molar-refractivity contribution in [1.29, 1.82) is 0 Å². The fourth-order valence-electron chi connectivity index (χ4n) is 1.38. The standard InChI is InChI=1S/C12H19NO2S/c13-8-3-1-2-6-12(14)15-9-7-11-5-4-10-16-11/h4-5,10H,1-3,6-9,13H2. The van der Waals surface area contributed by atoms with Gasteiger partial charge in [-0.25, -0.2) is 0 Å². The Balaban J connectivity index is 1.98. The number of carbonyl (C=O) groups excluding carboxylic acids is 1. The maximum atomic E-state index is 11.3. The van der Waals surface area contributed by atoms with Gasteiger partial charge in [0.15, 0.2) is 0 Å². The topological polar surface area (TPSA) is 52.3 Å². The number of rotatable bonds is 8. The molecule has 2 N–H and O–H groups in total. The molecule has 0 saturated carbocycles. The summed E-state index contributed by atoms with van der Waals surface area (Å²) in [5, 5.41) is 2.03. The predicted molar refractivity (Wildman–Crippen MR) is 66.5 cm³/mol. The van der Waals surface area contributed by atoms with Crippen molar-refractivity contribution in [2.75, 3.05) is 13.2 Å². The van der Waals surface area contributed by atoms with Crippen LogP contribution in [-0.4, -0.2) is 19.1 Å². The molecule has 0 bridgehead atoms. The summed E-state index contributed by atoms with van der Waals surface area (Å²) < 4.78 is 5.13. The fraction of sp³-hybridized carbons (Fsp3) is 0.583. The number of nitrogens with two attached hydrogens (primary N) is 1. The van der Waals surface area contributed by atoms with Gasteiger partial charge in [0, 0.05) is 17.7 Å². The minimum absolute atomic E-state index is 0.0893. The molecule has 0 aromatic carbocycles. The van der Waals surface area contributed by atoms with E-state index < -0.39 is 0 Å². The van der Waals surface area contributed by atoms with Crippen LogP contribution < -0.4 is 5.73 Å². The van der Waals surface area contributed by atoms with Gasteiger partial charge in [0.2, 0.25) is 0 Å². The van der Waals surface area contributed by atoms with E-state index in [2.05, 4.69) is 6.07 Å². The van der Waals surface area contributed by atoms with E-state index in [4.69, 9.17) is 10.5 Å². The Bertz CT molecular complexity index is 285. The van der Waals surface area contributed by atoms with E-state index in [-0.39, 0.29) is 5.97 Å². The largest absolute Gasteiger partial charge is 0.465 e. The number of hydrogen-bond acceptors (Lipinski definition) is 4. The second-order valence-corrected chi connectivity index (χ2v) is 4.68.